The fourth-order valence-electron chi connectivity index (χ4n) is 6.85. The van der Waals surface area contributed by atoms with Crippen molar-refractivity contribution in [1.82, 2.24) is 19.9 Å². The smallest absolute Gasteiger partial charge is 0.227 e. The lowest BCUT2D eigenvalue weighted by molar-refractivity contribution is 0.654. The van der Waals surface area contributed by atoms with Gasteiger partial charge in [0.25, 0.3) is 0 Å². The second-order valence-electron chi connectivity index (χ2n) is 11.8. The lowest BCUT2D eigenvalue weighted by atomic mass is 9.92. The van der Waals surface area contributed by atoms with Crippen molar-refractivity contribution in [2.24, 2.45) is 0 Å². The maximum Gasteiger partial charge on any atom is 0.227 e. The van der Waals surface area contributed by atoms with Crippen LogP contribution in [-0.4, -0.2) is 19.9 Å². The minimum atomic E-state index is 0.564. The van der Waals surface area contributed by atoms with E-state index in [0.29, 0.717) is 23.2 Å². The van der Waals surface area contributed by atoms with Crippen molar-refractivity contribution in [2.45, 2.75) is 0 Å². The molecule has 10 aromatic rings. The van der Waals surface area contributed by atoms with Crippen LogP contribution in [0.1, 0.15) is 0 Å². The Bertz CT molecular complexity index is 2850. The van der Waals surface area contributed by atoms with E-state index in [1.54, 1.807) is 6.20 Å². The minimum Gasteiger partial charge on any atom is -0.456 e. The van der Waals surface area contributed by atoms with Crippen LogP contribution in [0.15, 0.2) is 155 Å². The topological polar surface area (TPSA) is 77.8 Å². The van der Waals surface area contributed by atoms with Crippen molar-refractivity contribution in [2.75, 3.05) is 0 Å². The highest BCUT2D eigenvalue weighted by Crippen LogP contribution is 2.41. The first-order valence-electron chi connectivity index (χ1n) is 15.8. The number of hydrogen-bond acceptors (Lipinski definition) is 6. The van der Waals surface area contributed by atoms with Gasteiger partial charge in [0.1, 0.15) is 16.7 Å². The van der Waals surface area contributed by atoms with Crippen molar-refractivity contribution < 1.29 is 8.83 Å². The van der Waals surface area contributed by atoms with Gasteiger partial charge >= 0.3 is 0 Å². The van der Waals surface area contributed by atoms with Crippen LogP contribution in [-0.2, 0) is 0 Å². The van der Waals surface area contributed by atoms with Crippen LogP contribution in [0.25, 0.3) is 100 Å². The predicted octanol–water partition coefficient (Wildman–Crippen LogP) is 10.9. The third-order valence-corrected chi connectivity index (χ3v) is 8.99. The molecule has 6 heteroatoms. The van der Waals surface area contributed by atoms with Crippen LogP contribution in [0, 0.1) is 0 Å². The van der Waals surface area contributed by atoms with Crippen LogP contribution < -0.4 is 0 Å². The van der Waals surface area contributed by atoms with Crippen LogP contribution >= 0.6 is 0 Å². The van der Waals surface area contributed by atoms with Gasteiger partial charge in [0.05, 0.1) is 0 Å². The molecule has 10 rings (SSSR count). The van der Waals surface area contributed by atoms with E-state index >= 15 is 0 Å². The van der Waals surface area contributed by atoms with E-state index in [0.717, 1.165) is 76.9 Å². The molecule has 0 amide bonds. The first-order valence-corrected chi connectivity index (χ1v) is 15.8. The Morgan fingerprint density at radius 2 is 1.04 bits per heavy atom. The second-order valence-corrected chi connectivity index (χ2v) is 11.8. The van der Waals surface area contributed by atoms with E-state index in [1.807, 2.05) is 78.9 Å². The monoisotopic (exact) mass is 616 g/mol. The maximum absolute atomic E-state index is 6.28. The molecule has 0 atom stereocenters. The van der Waals surface area contributed by atoms with Crippen molar-refractivity contribution in [3.8, 4) is 45.3 Å². The number of furan rings is 2. The lowest BCUT2D eigenvalue weighted by Gasteiger charge is -2.13. The van der Waals surface area contributed by atoms with Crippen molar-refractivity contribution in [1.29, 1.82) is 0 Å². The van der Waals surface area contributed by atoms with Gasteiger partial charge in [0.15, 0.2) is 17.5 Å². The van der Waals surface area contributed by atoms with E-state index in [2.05, 4.69) is 65.6 Å². The molecular formula is C42H24N4O2. The average Bonchev–Trinajstić information content (AvgIpc) is 3.73. The Labute approximate surface area is 274 Å². The average molecular weight is 617 g/mol. The zero-order valence-corrected chi connectivity index (χ0v) is 25.5. The molecule has 48 heavy (non-hydrogen) atoms. The van der Waals surface area contributed by atoms with Crippen LogP contribution in [0.3, 0.4) is 0 Å². The summed E-state index contributed by atoms with van der Waals surface area (Å²) in [6.07, 6.45) is 1.74. The third kappa shape index (κ3) is 4.13. The Balaban J connectivity index is 1.26. The first-order chi connectivity index (χ1) is 23.8. The summed E-state index contributed by atoms with van der Waals surface area (Å²) in [5, 5.41) is 6.24. The molecule has 0 bridgehead atoms. The van der Waals surface area contributed by atoms with Gasteiger partial charge in [0.2, 0.25) is 5.71 Å². The number of rotatable bonds is 4. The molecule has 224 valence electrons. The Morgan fingerprint density at radius 1 is 0.396 bits per heavy atom. The molecule has 0 aliphatic heterocycles. The summed E-state index contributed by atoms with van der Waals surface area (Å²) in [6.45, 7) is 0. The highest BCUT2D eigenvalue weighted by molar-refractivity contribution is 6.16. The molecule has 0 spiro atoms. The number of nitrogens with zero attached hydrogens (tertiary/aromatic N) is 4. The van der Waals surface area contributed by atoms with Gasteiger partial charge in [-0.05, 0) is 64.4 Å². The van der Waals surface area contributed by atoms with E-state index < -0.39 is 0 Å². The van der Waals surface area contributed by atoms with Gasteiger partial charge in [-0.1, -0.05) is 97.1 Å². The van der Waals surface area contributed by atoms with E-state index in [4.69, 9.17) is 23.8 Å². The normalized spacial score (nSPS) is 11.8. The Morgan fingerprint density at radius 3 is 1.92 bits per heavy atom. The molecular weight excluding hydrogens is 592 g/mol. The van der Waals surface area contributed by atoms with E-state index in [9.17, 15) is 0 Å². The van der Waals surface area contributed by atoms with Crippen LogP contribution in [0.5, 0.6) is 0 Å². The van der Waals surface area contributed by atoms with Gasteiger partial charge in [-0.15, -0.1) is 0 Å². The van der Waals surface area contributed by atoms with Gasteiger partial charge in [-0.2, -0.15) is 0 Å². The summed E-state index contributed by atoms with van der Waals surface area (Å²) in [6, 6.07) is 47.2. The third-order valence-electron chi connectivity index (χ3n) is 8.99. The van der Waals surface area contributed by atoms with Crippen LogP contribution in [0.4, 0.5) is 0 Å². The second kappa shape index (κ2) is 10.4. The Hall–Kier alpha value is -6.66. The maximum atomic E-state index is 6.28. The molecule has 6 aromatic carbocycles. The summed E-state index contributed by atoms with van der Waals surface area (Å²) in [7, 11) is 0. The van der Waals surface area contributed by atoms with Gasteiger partial charge in [-0.25, -0.2) is 19.9 Å². The molecule has 0 saturated carbocycles. The molecule has 0 N–H and O–H groups in total. The zero-order valence-electron chi connectivity index (χ0n) is 25.5. The summed E-state index contributed by atoms with van der Waals surface area (Å²) in [5.41, 5.74) is 7.86. The predicted molar refractivity (Wildman–Crippen MR) is 191 cm³/mol. The fraction of sp³-hybridized carbons (Fsp3) is 0. The molecule has 0 radical (unpaired) electrons. The number of benzene rings is 6. The summed E-state index contributed by atoms with van der Waals surface area (Å²) < 4.78 is 12.4. The quantitative estimate of drug-likeness (QED) is 0.196. The molecule has 0 fully saturated rings. The van der Waals surface area contributed by atoms with E-state index in [-0.39, 0.29) is 0 Å². The molecule has 0 saturated heterocycles. The summed E-state index contributed by atoms with van der Waals surface area (Å²) >= 11 is 0. The summed E-state index contributed by atoms with van der Waals surface area (Å²) in [5.74, 6) is 1.74. The lowest BCUT2D eigenvalue weighted by Crippen LogP contribution is -2.00. The number of fused-ring (bicyclic) bond motifs is 7. The van der Waals surface area contributed by atoms with Gasteiger partial charge < -0.3 is 8.83 Å². The molecule has 4 heterocycles. The van der Waals surface area contributed by atoms with Crippen molar-refractivity contribution >= 4 is 54.8 Å². The van der Waals surface area contributed by atoms with Crippen molar-refractivity contribution in [3.63, 3.8) is 0 Å². The SMILES string of the molecule is c1ccc(-c2nc(-c3cc(-c4cccc5oc6ccccc6c45)c4ccccc4c3)nc(-c3cccc4oc5ncccc5c34)n2)cc1. The number of para-hydroxylation sites is 1. The molecule has 6 nitrogen and oxygen atoms in total. The van der Waals surface area contributed by atoms with Gasteiger partial charge in [-0.3, -0.25) is 0 Å². The molecule has 0 aliphatic carbocycles. The molecule has 0 unspecified atom stereocenters. The highest BCUT2D eigenvalue weighted by atomic mass is 16.3. The zero-order chi connectivity index (χ0) is 31.6. The highest BCUT2D eigenvalue weighted by Gasteiger charge is 2.20. The summed E-state index contributed by atoms with van der Waals surface area (Å²) in [4.78, 5) is 19.8. The number of pyridine rings is 1. The fourth-order valence-corrected chi connectivity index (χ4v) is 6.85. The number of aromatic nitrogens is 4. The van der Waals surface area contributed by atoms with Gasteiger partial charge in [0, 0.05) is 44.4 Å². The minimum absolute atomic E-state index is 0.564. The Kier molecular flexibility index (Phi) is 5.77. The largest absolute Gasteiger partial charge is 0.456 e. The molecule has 4 aromatic heterocycles. The van der Waals surface area contributed by atoms with E-state index in [1.165, 1.54) is 0 Å². The number of hydrogen-bond donors (Lipinski definition) is 0. The van der Waals surface area contributed by atoms with Crippen molar-refractivity contribution in [3.05, 3.63) is 146 Å². The molecule has 0 aliphatic rings. The van der Waals surface area contributed by atoms with Crippen LogP contribution in [0.2, 0.25) is 0 Å². The first kappa shape index (κ1) is 26.5. The standard InChI is InChI=1S/C42H24N4O2/c1-2-11-25(12-3-1)39-44-40(46-41(45-39)31-17-9-21-36-38(31)32-18-10-22-43-42(32)48-36)27-23-26-13-4-5-14-28(26)33(24-27)29-16-8-20-35-37(29)30-15-6-7-19-34(30)47-35/h1-24H.